The van der Waals surface area contributed by atoms with Crippen molar-refractivity contribution in [3.8, 4) is 11.5 Å². The third-order valence-electron chi connectivity index (χ3n) is 3.41. The molecule has 0 radical (unpaired) electrons. The van der Waals surface area contributed by atoms with Gasteiger partial charge in [-0.05, 0) is 37.0 Å². The van der Waals surface area contributed by atoms with Gasteiger partial charge in [0.1, 0.15) is 0 Å². The molecule has 3 nitrogen and oxygen atoms in total. The zero-order valence-corrected chi connectivity index (χ0v) is 10.5. The van der Waals surface area contributed by atoms with Gasteiger partial charge in [0.25, 0.3) is 0 Å². The van der Waals surface area contributed by atoms with Crippen molar-refractivity contribution in [2.75, 3.05) is 14.2 Å². The van der Waals surface area contributed by atoms with E-state index in [1.807, 2.05) is 13.0 Å². The van der Waals surface area contributed by atoms with Gasteiger partial charge in [0.15, 0.2) is 17.3 Å². The lowest BCUT2D eigenvalue weighted by molar-refractivity contribution is 0.0916. The maximum absolute atomic E-state index is 12.2. The van der Waals surface area contributed by atoms with Gasteiger partial charge in [-0.2, -0.15) is 0 Å². The summed E-state index contributed by atoms with van der Waals surface area (Å²) in [5, 5.41) is 0. The quantitative estimate of drug-likeness (QED) is 0.735. The lowest BCUT2D eigenvalue weighted by Gasteiger charge is -2.12. The Hall–Kier alpha value is -1.51. The summed E-state index contributed by atoms with van der Waals surface area (Å²) in [4.78, 5) is 12.2. The van der Waals surface area contributed by atoms with E-state index in [-0.39, 0.29) is 11.7 Å². The fourth-order valence-electron chi connectivity index (χ4n) is 2.06. The van der Waals surface area contributed by atoms with Crippen molar-refractivity contribution in [2.24, 2.45) is 11.8 Å². The number of carbonyl (C=O) groups is 1. The molecule has 0 aliphatic heterocycles. The topological polar surface area (TPSA) is 35.5 Å². The zero-order chi connectivity index (χ0) is 12.4. The molecule has 0 bridgehead atoms. The molecule has 1 fully saturated rings. The second-order valence-corrected chi connectivity index (χ2v) is 4.56. The highest BCUT2D eigenvalue weighted by molar-refractivity contribution is 5.98. The Morgan fingerprint density at radius 3 is 2.41 bits per heavy atom. The fraction of sp³-hybridized carbons (Fsp3) is 0.500. The summed E-state index contributed by atoms with van der Waals surface area (Å²) in [7, 11) is 3.17. The van der Waals surface area contributed by atoms with Crippen LogP contribution in [0.15, 0.2) is 18.2 Å². The molecule has 17 heavy (non-hydrogen) atoms. The highest BCUT2D eigenvalue weighted by Gasteiger charge is 2.33. The van der Waals surface area contributed by atoms with Crippen LogP contribution in [0.4, 0.5) is 0 Å². The molecule has 1 saturated carbocycles. The minimum Gasteiger partial charge on any atom is -0.493 e. The van der Waals surface area contributed by atoms with Crippen molar-refractivity contribution < 1.29 is 14.3 Å². The number of Topliss-reactive ketones (excluding diaryl/α,β-unsaturated/α-hetero) is 1. The normalized spacial score (nSPS) is 16.4. The minimum absolute atomic E-state index is 0.119. The van der Waals surface area contributed by atoms with Crippen LogP contribution < -0.4 is 9.47 Å². The molecule has 0 aromatic heterocycles. The van der Waals surface area contributed by atoms with Crippen molar-refractivity contribution in [2.45, 2.75) is 19.8 Å². The van der Waals surface area contributed by atoms with Gasteiger partial charge in [-0.1, -0.05) is 6.92 Å². The molecule has 0 amide bonds. The molecule has 1 atom stereocenters. The molecule has 0 heterocycles. The number of benzene rings is 1. The van der Waals surface area contributed by atoms with E-state index in [0.717, 1.165) is 0 Å². The first kappa shape index (κ1) is 12.0. The van der Waals surface area contributed by atoms with Crippen LogP contribution in [0, 0.1) is 11.8 Å². The molecular weight excluding hydrogens is 216 g/mol. The Morgan fingerprint density at radius 1 is 1.24 bits per heavy atom. The van der Waals surface area contributed by atoms with E-state index in [9.17, 15) is 4.79 Å². The summed E-state index contributed by atoms with van der Waals surface area (Å²) in [6.07, 6.45) is 2.36. The molecule has 3 heteroatoms. The number of rotatable bonds is 5. The van der Waals surface area contributed by atoms with Crippen LogP contribution in [0.25, 0.3) is 0 Å². The Bertz CT molecular complexity index is 421. The van der Waals surface area contributed by atoms with Crippen LogP contribution in [-0.4, -0.2) is 20.0 Å². The lowest BCUT2D eigenvalue weighted by atomic mass is 9.95. The van der Waals surface area contributed by atoms with Crippen LogP contribution in [-0.2, 0) is 0 Å². The molecule has 0 spiro atoms. The van der Waals surface area contributed by atoms with Gasteiger partial charge >= 0.3 is 0 Å². The molecule has 1 aliphatic rings. The second kappa shape index (κ2) is 4.78. The molecule has 0 N–H and O–H groups in total. The van der Waals surface area contributed by atoms with Crippen molar-refractivity contribution in [3.63, 3.8) is 0 Å². The third-order valence-corrected chi connectivity index (χ3v) is 3.41. The van der Waals surface area contributed by atoms with Gasteiger partial charge in [-0.25, -0.2) is 0 Å². The van der Waals surface area contributed by atoms with Crippen molar-refractivity contribution in [1.29, 1.82) is 0 Å². The summed E-state index contributed by atoms with van der Waals surface area (Å²) in [6.45, 7) is 2.01. The van der Waals surface area contributed by atoms with Gasteiger partial charge in [0, 0.05) is 11.5 Å². The Kier molecular flexibility index (Phi) is 3.36. The molecule has 0 saturated heterocycles. The standard InChI is InChI=1S/C14H18O3/c1-9(10-4-5-10)14(15)11-6-7-12(16-2)13(8-11)17-3/h6-10H,4-5H2,1-3H3. The monoisotopic (exact) mass is 234 g/mol. The molecule has 1 aliphatic carbocycles. The first-order valence-electron chi connectivity index (χ1n) is 5.93. The van der Waals surface area contributed by atoms with Crippen LogP contribution in [0.2, 0.25) is 0 Å². The highest BCUT2D eigenvalue weighted by Crippen LogP contribution is 2.39. The SMILES string of the molecule is COc1ccc(C(=O)C(C)C2CC2)cc1OC. The van der Waals surface area contributed by atoms with Crippen LogP contribution in [0.5, 0.6) is 11.5 Å². The summed E-state index contributed by atoms with van der Waals surface area (Å²) >= 11 is 0. The molecule has 2 rings (SSSR count). The number of hydrogen-bond acceptors (Lipinski definition) is 3. The summed E-state index contributed by atoms with van der Waals surface area (Å²) in [5.74, 6) is 2.17. The molecule has 92 valence electrons. The van der Waals surface area contributed by atoms with Crippen LogP contribution in [0.1, 0.15) is 30.1 Å². The van der Waals surface area contributed by atoms with Crippen molar-refractivity contribution in [3.05, 3.63) is 23.8 Å². The summed E-state index contributed by atoms with van der Waals surface area (Å²) < 4.78 is 10.4. The third kappa shape index (κ3) is 2.43. The maximum Gasteiger partial charge on any atom is 0.166 e. The predicted molar refractivity (Wildman–Crippen MR) is 65.8 cm³/mol. The van der Waals surface area contributed by atoms with E-state index in [2.05, 4.69) is 0 Å². The second-order valence-electron chi connectivity index (χ2n) is 4.56. The lowest BCUT2D eigenvalue weighted by Crippen LogP contribution is -2.13. The van der Waals surface area contributed by atoms with Gasteiger partial charge < -0.3 is 9.47 Å². The van der Waals surface area contributed by atoms with E-state index < -0.39 is 0 Å². The van der Waals surface area contributed by atoms with E-state index in [4.69, 9.17) is 9.47 Å². The van der Waals surface area contributed by atoms with Crippen LogP contribution in [0.3, 0.4) is 0 Å². The molecular formula is C14H18O3. The van der Waals surface area contributed by atoms with Gasteiger partial charge in [-0.3, -0.25) is 4.79 Å². The average Bonchev–Trinajstić information content (AvgIpc) is 3.20. The van der Waals surface area contributed by atoms with E-state index in [0.29, 0.717) is 23.0 Å². The zero-order valence-electron chi connectivity index (χ0n) is 10.5. The first-order chi connectivity index (χ1) is 8.17. The van der Waals surface area contributed by atoms with E-state index in [1.165, 1.54) is 12.8 Å². The van der Waals surface area contributed by atoms with Gasteiger partial charge in [0.05, 0.1) is 14.2 Å². The molecule has 1 unspecified atom stereocenters. The number of ketones is 1. The van der Waals surface area contributed by atoms with E-state index >= 15 is 0 Å². The Balaban J connectivity index is 2.23. The molecule has 1 aromatic rings. The highest BCUT2D eigenvalue weighted by atomic mass is 16.5. The van der Waals surface area contributed by atoms with Crippen LogP contribution >= 0.6 is 0 Å². The maximum atomic E-state index is 12.2. The Labute approximate surface area is 102 Å². The first-order valence-corrected chi connectivity index (χ1v) is 5.93. The van der Waals surface area contributed by atoms with Crippen molar-refractivity contribution in [1.82, 2.24) is 0 Å². The van der Waals surface area contributed by atoms with Gasteiger partial charge in [0.2, 0.25) is 0 Å². The average molecular weight is 234 g/mol. The van der Waals surface area contributed by atoms with E-state index in [1.54, 1.807) is 26.4 Å². The predicted octanol–water partition coefficient (Wildman–Crippen LogP) is 2.93. The summed E-state index contributed by atoms with van der Waals surface area (Å²) in [5.41, 5.74) is 0.710. The van der Waals surface area contributed by atoms with Crippen molar-refractivity contribution >= 4 is 5.78 Å². The summed E-state index contributed by atoms with van der Waals surface area (Å²) in [6, 6.07) is 5.36. The number of ether oxygens (including phenoxy) is 2. The largest absolute Gasteiger partial charge is 0.493 e. The number of methoxy groups -OCH3 is 2. The van der Waals surface area contributed by atoms with Gasteiger partial charge in [-0.15, -0.1) is 0 Å². The minimum atomic E-state index is 0.119. The number of carbonyl (C=O) groups excluding carboxylic acids is 1. The smallest absolute Gasteiger partial charge is 0.166 e. The fourth-order valence-corrected chi connectivity index (χ4v) is 2.06. The Morgan fingerprint density at radius 2 is 1.88 bits per heavy atom. The number of hydrogen-bond donors (Lipinski definition) is 0. The molecule has 1 aromatic carbocycles.